The molecule has 1 heterocycles. The Balaban J connectivity index is 1.89. The van der Waals surface area contributed by atoms with Crippen molar-refractivity contribution in [2.24, 2.45) is 5.92 Å². The van der Waals surface area contributed by atoms with E-state index < -0.39 is 4.92 Å². The third-order valence-corrected chi connectivity index (χ3v) is 4.59. The number of nitrogens with zero attached hydrogens (tertiary/aromatic N) is 2. The molecule has 1 aliphatic heterocycles. The van der Waals surface area contributed by atoms with E-state index in [1.807, 2.05) is 4.90 Å². The summed E-state index contributed by atoms with van der Waals surface area (Å²) >= 11 is 6.05. The molecule has 0 aliphatic carbocycles. The van der Waals surface area contributed by atoms with Crippen LogP contribution in [-0.2, 0) is 11.2 Å². The maximum Gasteiger partial charge on any atom is 0.270 e. The molecule has 2 rings (SSSR count). The quantitative estimate of drug-likeness (QED) is 0.638. The maximum absolute atomic E-state index is 12.4. The van der Waals surface area contributed by atoms with Crippen LogP contribution in [0.5, 0.6) is 0 Å². The third kappa shape index (κ3) is 4.91. The van der Waals surface area contributed by atoms with Crippen LogP contribution in [-0.4, -0.2) is 41.9 Å². The van der Waals surface area contributed by atoms with Gasteiger partial charge in [0.25, 0.3) is 5.69 Å². The summed E-state index contributed by atoms with van der Waals surface area (Å²) in [5.74, 6) is 0.657. The third-order valence-electron chi connectivity index (χ3n) is 4.24. The topological polar surface area (TPSA) is 75.5 Å². The Kier molecular flexibility index (Phi) is 6.36. The molecule has 1 N–H and O–H groups in total. The van der Waals surface area contributed by atoms with Crippen LogP contribution in [0.4, 0.5) is 5.69 Å². The van der Waals surface area contributed by atoms with E-state index in [0.29, 0.717) is 11.5 Å². The van der Waals surface area contributed by atoms with Gasteiger partial charge in [0, 0.05) is 25.2 Å². The summed E-state index contributed by atoms with van der Waals surface area (Å²) in [5.41, 5.74) is 0.576. The fourth-order valence-corrected chi connectivity index (χ4v) is 3.04. The molecular weight excluding hydrogens is 318 g/mol. The molecule has 23 heavy (non-hydrogen) atoms. The summed E-state index contributed by atoms with van der Waals surface area (Å²) in [7, 11) is 0. The van der Waals surface area contributed by atoms with Crippen molar-refractivity contribution in [1.82, 2.24) is 10.2 Å². The van der Waals surface area contributed by atoms with Crippen LogP contribution >= 0.6 is 11.6 Å². The van der Waals surface area contributed by atoms with Gasteiger partial charge in [-0.3, -0.25) is 14.9 Å². The molecule has 1 aliphatic rings. The van der Waals surface area contributed by atoms with Crippen molar-refractivity contribution in [3.05, 3.63) is 38.9 Å². The molecule has 1 aromatic rings. The molecule has 1 saturated heterocycles. The fourth-order valence-electron chi connectivity index (χ4n) is 2.80. The van der Waals surface area contributed by atoms with Crippen LogP contribution in [0.15, 0.2) is 18.2 Å². The van der Waals surface area contributed by atoms with E-state index in [1.165, 1.54) is 12.1 Å². The number of non-ortho nitro benzene ring substituents is 1. The molecule has 1 aromatic carbocycles. The van der Waals surface area contributed by atoms with Crippen LogP contribution in [0.1, 0.15) is 25.3 Å². The zero-order chi connectivity index (χ0) is 16.8. The number of nitro groups is 1. The van der Waals surface area contributed by atoms with Gasteiger partial charge >= 0.3 is 0 Å². The molecule has 126 valence electrons. The van der Waals surface area contributed by atoms with E-state index in [2.05, 4.69) is 12.2 Å². The molecule has 0 aromatic heterocycles. The summed E-state index contributed by atoms with van der Waals surface area (Å²) < 4.78 is 0. The SMILES string of the molecule is CCNCC1CCN(C(=O)Cc2ccc([N+](=O)[O-])cc2Cl)CC1. The van der Waals surface area contributed by atoms with Crippen molar-refractivity contribution in [1.29, 1.82) is 0 Å². The zero-order valence-corrected chi connectivity index (χ0v) is 14.0. The number of nitro benzene ring substituents is 1. The lowest BCUT2D eigenvalue weighted by molar-refractivity contribution is -0.384. The van der Waals surface area contributed by atoms with E-state index in [9.17, 15) is 14.9 Å². The number of hydrogen-bond acceptors (Lipinski definition) is 4. The Morgan fingerprint density at radius 3 is 2.70 bits per heavy atom. The largest absolute Gasteiger partial charge is 0.342 e. The number of hydrogen-bond donors (Lipinski definition) is 1. The smallest absolute Gasteiger partial charge is 0.270 e. The summed E-state index contributed by atoms with van der Waals surface area (Å²) in [5, 5.41) is 14.3. The maximum atomic E-state index is 12.4. The van der Waals surface area contributed by atoms with Crippen molar-refractivity contribution in [3.8, 4) is 0 Å². The Labute approximate surface area is 141 Å². The summed E-state index contributed by atoms with van der Waals surface area (Å²) in [6, 6.07) is 4.25. The van der Waals surface area contributed by atoms with Gasteiger partial charge in [-0.05, 0) is 37.4 Å². The van der Waals surface area contributed by atoms with E-state index in [4.69, 9.17) is 11.6 Å². The second-order valence-electron chi connectivity index (χ2n) is 5.84. The first-order valence-electron chi connectivity index (χ1n) is 7.92. The fraction of sp³-hybridized carbons (Fsp3) is 0.562. The molecule has 0 radical (unpaired) electrons. The Hall–Kier alpha value is -1.66. The lowest BCUT2D eigenvalue weighted by Crippen LogP contribution is -2.41. The average molecular weight is 340 g/mol. The van der Waals surface area contributed by atoms with Crippen LogP contribution < -0.4 is 5.32 Å². The van der Waals surface area contributed by atoms with Gasteiger partial charge in [0.05, 0.1) is 16.4 Å². The van der Waals surface area contributed by atoms with E-state index in [0.717, 1.165) is 39.0 Å². The molecule has 0 spiro atoms. The highest BCUT2D eigenvalue weighted by Gasteiger charge is 2.23. The van der Waals surface area contributed by atoms with Gasteiger partial charge in [0.15, 0.2) is 0 Å². The van der Waals surface area contributed by atoms with Crippen molar-refractivity contribution in [2.45, 2.75) is 26.2 Å². The highest BCUT2D eigenvalue weighted by Crippen LogP contribution is 2.24. The van der Waals surface area contributed by atoms with E-state index >= 15 is 0 Å². The standard InChI is InChI=1S/C16H22ClN3O3/c1-2-18-11-12-5-7-19(8-6-12)16(21)9-13-3-4-14(20(22)23)10-15(13)17/h3-4,10,12,18H,2,5-9,11H2,1H3. The van der Waals surface area contributed by atoms with E-state index in [1.54, 1.807) is 6.07 Å². The predicted octanol–water partition coefficient (Wildman–Crippen LogP) is 2.64. The zero-order valence-electron chi connectivity index (χ0n) is 13.3. The molecule has 6 nitrogen and oxygen atoms in total. The number of carbonyl (C=O) groups excluding carboxylic acids is 1. The van der Waals surface area contributed by atoms with Gasteiger partial charge in [0.2, 0.25) is 5.91 Å². The number of benzene rings is 1. The second kappa shape index (κ2) is 8.26. The first-order chi connectivity index (χ1) is 11.0. The van der Waals surface area contributed by atoms with Gasteiger partial charge in [-0.15, -0.1) is 0 Å². The van der Waals surface area contributed by atoms with Crippen molar-refractivity contribution in [2.75, 3.05) is 26.2 Å². The Morgan fingerprint density at radius 2 is 2.13 bits per heavy atom. The molecule has 0 atom stereocenters. The number of likely N-dealkylation sites (tertiary alicyclic amines) is 1. The number of piperidine rings is 1. The van der Waals surface area contributed by atoms with Crippen LogP contribution in [0, 0.1) is 16.0 Å². The first-order valence-corrected chi connectivity index (χ1v) is 8.30. The van der Waals surface area contributed by atoms with E-state index in [-0.39, 0.29) is 23.0 Å². The molecule has 7 heteroatoms. The number of halogens is 1. The Morgan fingerprint density at radius 1 is 1.43 bits per heavy atom. The minimum absolute atomic E-state index is 0.0302. The monoisotopic (exact) mass is 339 g/mol. The average Bonchev–Trinajstić information content (AvgIpc) is 2.55. The summed E-state index contributed by atoms with van der Waals surface area (Å²) in [6.07, 6.45) is 2.20. The number of carbonyl (C=O) groups is 1. The number of amides is 1. The first kappa shape index (κ1) is 17.7. The number of rotatable bonds is 6. The highest BCUT2D eigenvalue weighted by molar-refractivity contribution is 6.31. The van der Waals surface area contributed by atoms with Gasteiger partial charge in [-0.2, -0.15) is 0 Å². The minimum atomic E-state index is -0.493. The van der Waals surface area contributed by atoms with Crippen LogP contribution in [0.2, 0.25) is 5.02 Å². The number of nitrogens with one attached hydrogen (secondary N) is 1. The molecular formula is C16H22ClN3O3. The normalized spacial score (nSPS) is 15.7. The lowest BCUT2D eigenvalue weighted by Gasteiger charge is -2.32. The van der Waals surface area contributed by atoms with Gasteiger partial charge in [-0.1, -0.05) is 24.6 Å². The molecule has 1 amide bonds. The molecule has 0 saturated carbocycles. The lowest BCUT2D eigenvalue weighted by atomic mass is 9.96. The minimum Gasteiger partial charge on any atom is -0.342 e. The van der Waals surface area contributed by atoms with Gasteiger partial charge in [0.1, 0.15) is 0 Å². The highest BCUT2D eigenvalue weighted by atomic mass is 35.5. The van der Waals surface area contributed by atoms with Crippen LogP contribution in [0.25, 0.3) is 0 Å². The van der Waals surface area contributed by atoms with Crippen molar-refractivity contribution in [3.63, 3.8) is 0 Å². The molecule has 0 unspecified atom stereocenters. The predicted molar refractivity (Wildman–Crippen MR) is 89.7 cm³/mol. The summed E-state index contributed by atoms with van der Waals surface area (Å²) in [4.78, 5) is 24.5. The van der Waals surface area contributed by atoms with Gasteiger partial charge < -0.3 is 10.2 Å². The summed E-state index contributed by atoms with van der Waals surface area (Å²) in [6.45, 7) is 5.59. The Bertz CT molecular complexity index is 572. The second-order valence-corrected chi connectivity index (χ2v) is 6.25. The molecule has 0 bridgehead atoms. The molecule has 1 fully saturated rings. The van der Waals surface area contributed by atoms with Crippen molar-refractivity contribution >= 4 is 23.2 Å². The van der Waals surface area contributed by atoms with Gasteiger partial charge in [-0.25, -0.2) is 0 Å². The van der Waals surface area contributed by atoms with Crippen LogP contribution in [0.3, 0.4) is 0 Å². The van der Waals surface area contributed by atoms with Crippen molar-refractivity contribution < 1.29 is 9.72 Å².